The van der Waals surface area contributed by atoms with Crippen molar-refractivity contribution in [3.05, 3.63) is 83.4 Å². The predicted molar refractivity (Wildman–Crippen MR) is 122 cm³/mol. The number of anilines is 2. The number of carbonyl (C=O) groups is 1. The summed E-state index contributed by atoms with van der Waals surface area (Å²) in [4.78, 5) is 17.3. The Morgan fingerprint density at radius 3 is 2.55 bits per heavy atom. The Kier molecular flexibility index (Phi) is 5.67. The maximum absolute atomic E-state index is 12.8. The molecule has 4 rings (SSSR count). The van der Waals surface area contributed by atoms with Crippen molar-refractivity contribution in [2.45, 2.75) is 18.4 Å². The molecule has 3 aromatic carbocycles. The van der Waals surface area contributed by atoms with Gasteiger partial charge in [0.15, 0.2) is 0 Å². The van der Waals surface area contributed by atoms with Crippen molar-refractivity contribution in [2.24, 2.45) is 0 Å². The summed E-state index contributed by atoms with van der Waals surface area (Å²) in [5, 5.41) is 3.06. The van der Waals surface area contributed by atoms with Gasteiger partial charge in [-0.05, 0) is 49.4 Å². The molecule has 0 saturated heterocycles. The number of aromatic nitrogens is 2. The van der Waals surface area contributed by atoms with Crippen molar-refractivity contribution in [1.29, 1.82) is 0 Å². The summed E-state index contributed by atoms with van der Waals surface area (Å²) in [6.07, 6.45) is 0. The topological polar surface area (TPSA) is 93.1 Å². The third-order valence-electron chi connectivity index (χ3n) is 4.72. The van der Waals surface area contributed by atoms with Gasteiger partial charge in [-0.3, -0.25) is 14.8 Å². The van der Waals surface area contributed by atoms with Crippen LogP contribution in [-0.2, 0) is 16.6 Å². The Morgan fingerprint density at radius 1 is 1.03 bits per heavy atom. The summed E-state index contributed by atoms with van der Waals surface area (Å²) < 4.78 is 29.9. The zero-order chi connectivity index (χ0) is 22.0. The van der Waals surface area contributed by atoms with Crippen LogP contribution in [0.25, 0.3) is 11.0 Å². The van der Waals surface area contributed by atoms with Crippen LogP contribution in [0.4, 0.5) is 11.6 Å². The maximum Gasteiger partial charge on any atom is 0.261 e. The molecule has 0 aliphatic carbocycles. The number of hydrogen-bond donors (Lipinski definition) is 2. The van der Waals surface area contributed by atoms with E-state index < -0.39 is 15.9 Å². The SMILES string of the molecule is CCn1c(NC(=O)c2cccc(S(=O)(=O)Nc3ccccc3Cl)c2)nc2ccccc21. The summed E-state index contributed by atoms with van der Waals surface area (Å²) in [6, 6.07) is 19.9. The number of imidazole rings is 1. The number of para-hydroxylation sites is 3. The Hall–Kier alpha value is -3.36. The second kappa shape index (κ2) is 8.41. The number of benzene rings is 3. The van der Waals surface area contributed by atoms with Gasteiger partial charge in [-0.15, -0.1) is 0 Å². The quantitative estimate of drug-likeness (QED) is 0.439. The van der Waals surface area contributed by atoms with Crippen molar-refractivity contribution in [3.8, 4) is 0 Å². The van der Waals surface area contributed by atoms with Crippen molar-refractivity contribution in [3.63, 3.8) is 0 Å². The largest absolute Gasteiger partial charge is 0.310 e. The molecule has 0 bridgehead atoms. The van der Waals surface area contributed by atoms with Gasteiger partial charge in [-0.25, -0.2) is 13.4 Å². The lowest BCUT2D eigenvalue weighted by atomic mass is 10.2. The molecule has 1 amide bonds. The molecule has 7 nitrogen and oxygen atoms in total. The summed E-state index contributed by atoms with van der Waals surface area (Å²) in [5.74, 6) is -0.0593. The van der Waals surface area contributed by atoms with Crippen LogP contribution in [0.5, 0.6) is 0 Å². The van der Waals surface area contributed by atoms with Gasteiger partial charge >= 0.3 is 0 Å². The van der Waals surface area contributed by atoms with Gasteiger partial charge in [0.25, 0.3) is 15.9 Å². The van der Waals surface area contributed by atoms with E-state index in [0.717, 1.165) is 11.0 Å². The number of aryl methyl sites for hydroxylation is 1. The fourth-order valence-electron chi connectivity index (χ4n) is 3.22. The molecular formula is C22H19ClN4O3S. The minimum atomic E-state index is -3.93. The molecule has 0 aliphatic heterocycles. The molecule has 0 radical (unpaired) electrons. The van der Waals surface area contributed by atoms with Crippen molar-refractivity contribution in [1.82, 2.24) is 9.55 Å². The van der Waals surface area contributed by atoms with Gasteiger partial charge in [0.2, 0.25) is 5.95 Å². The summed E-state index contributed by atoms with van der Waals surface area (Å²) in [6.45, 7) is 2.57. The highest BCUT2D eigenvalue weighted by atomic mass is 35.5. The van der Waals surface area contributed by atoms with E-state index in [1.54, 1.807) is 30.3 Å². The van der Waals surface area contributed by atoms with E-state index in [9.17, 15) is 13.2 Å². The minimum absolute atomic E-state index is 0.0518. The van der Waals surface area contributed by atoms with Gasteiger partial charge in [-0.1, -0.05) is 41.9 Å². The molecule has 0 saturated carbocycles. The van der Waals surface area contributed by atoms with Crippen molar-refractivity contribution >= 4 is 50.2 Å². The van der Waals surface area contributed by atoms with Crippen LogP contribution in [0, 0.1) is 0 Å². The number of nitrogens with one attached hydrogen (secondary N) is 2. The average molecular weight is 455 g/mol. The molecule has 1 aromatic heterocycles. The lowest BCUT2D eigenvalue weighted by Gasteiger charge is -2.11. The van der Waals surface area contributed by atoms with Gasteiger partial charge in [0.1, 0.15) is 0 Å². The lowest BCUT2D eigenvalue weighted by molar-refractivity contribution is 0.102. The number of nitrogens with zero attached hydrogens (tertiary/aromatic N) is 2. The van der Waals surface area contributed by atoms with E-state index in [2.05, 4.69) is 15.0 Å². The third-order valence-corrected chi connectivity index (χ3v) is 6.41. The zero-order valence-electron chi connectivity index (χ0n) is 16.5. The number of amides is 1. The molecule has 31 heavy (non-hydrogen) atoms. The second-order valence-corrected chi connectivity index (χ2v) is 8.83. The highest BCUT2D eigenvalue weighted by Crippen LogP contribution is 2.25. The third kappa shape index (κ3) is 4.26. The van der Waals surface area contributed by atoms with E-state index >= 15 is 0 Å². The Morgan fingerprint density at radius 2 is 1.77 bits per heavy atom. The molecule has 0 aliphatic rings. The molecule has 0 fully saturated rings. The molecular weight excluding hydrogens is 436 g/mol. The highest BCUT2D eigenvalue weighted by Gasteiger charge is 2.19. The first-order valence-electron chi connectivity index (χ1n) is 9.53. The normalized spacial score (nSPS) is 11.4. The average Bonchev–Trinajstić information content (AvgIpc) is 3.12. The molecule has 4 aromatic rings. The maximum atomic E-state index is 12.8. The van der Waals surface area contributed by atoms with Crippen LogP contribution < -0.4 is 10.0 Å². The molecule has 2 N–H and O–H groups in total. The van der Waals surface area contributed by atoms with E-state index in [1.165, 1.54) is 18.2 Å². The molecule has 1 heterocycles. The first-order chi connectivity index (χ1) is 14.9. The summed E-state index contributed by atoms with van der Waals surface area (Å²) in [5.41, 5.74) is 2.12. The minimum Gasteiger partial charge on any atom is -0.310 e. The monoisotopic (exact) mass is 454 g/mol. The highest BCUT2D eigenvalue weighted by molar-refractivity contribution is 7.92. The number of fused-ring (bicyclic) bond motifs is 1. The van der Waals surface area contributed by atoms with Crippen LogP contribution in [0.2, 0.25) is 5.02 Å². The molecule has 0 spiro atoms. The van der Waals surface area contributed by atoms with E-state index in [4.69, 9.17) is 11.6 Å². The lowest BCUT2D eigenvalue weighted by Crippen LogP contribution is -2.17. The van der Waals surface area contributed by atoms with Crippen LogP contribution in [0.1, 0.15) is 17.3 Å². The first kappa shape index (κ1) is 20.9. The summed E-state index contributed by atoms with van der Waals surface area (Å²) in [7, 11) is -3.93. The van der Waals surface area contributed by atoms with Crippen LogP contribution in [0.15, 0.2) is 77.7 Å². The van der Waals surface area contributed by atoms with Gasteiger partial charge in [-0.2, -0.15) is 0 Å². The van der Waals surface area contributed by atoms with E-state index in [-0.39, 0.29) is 21.2 Å². The van der Waals surface area contributed by atoms with Crippen LogP contribution >= 0.6 is 11.6 Å². The van der Waals surface area contributed by atoms with Crippen LogP contribution in [0.3, 0.4) is 0 Å². The Bertz CT molecular complexity index is 1380. The Labute approximate surface area is 184 Å². The smallest absolute Gasteiger partial charge is 0.261 e. The standard InChI is InChI=1S/C22H19ClN4O3S/c1-2-27-20-13-6-5-12-19(20)24-22(27)25-21(28)15-8-7-9-16(14-15)31(29,30)26-18-11-4-3-10-17(18)23/h3-14,26H,2H2,1H3,(H,24,25,28). The fraction of sp³-hybridized carbons (Fsp3) is 0.0909. The zero-order valence-corrected chi connectivity index (χ0v) is 18.1. The van der Waals surface area contributed by atoms with Crippen molar-refractivity contribution < 1.29 is 13.2 Å². The first-order valence-corrected chi connectivity index (χ1v) is 11.4. The van der Waals surface area contributed by atoms with Crippen LogP contribution in [-0.4, -0.2) is 23.9 Å². The predicted octanol–water partition coefficient (Wildman–Crippen LogP) is 4.76. The fourth-order valence-corrected chi connectivity index (χ4v) is 4.58. The number of halogens is 1. The molecule has 0 unspecified atom stereocenters. The van der Waals surface area contributed by atoms with Gasteiger partial charge < -0.3 is 4.57 Å². The number of sulfonamides is 1. The van der Waals surface area contributed by atoms with E-state index in [0.29, 0.717) is 12.5 Å². The summed E-state index contributed by atoms with van der Waals surface area (Å²) >= 11 is 6.05. The number of rotatable bonds is 6. The van der Waals surface area contributed by atoms with Gasteiger partial charge in [0.05, 0.1) is 26.6 Å². The van der Waals surface area contributed by atoms with Gasteiger partial charge in [0, 0.05) is 12.1 Å². The molecule has 9 heteroatoms. The molecule has 0 atom stereocenters. The molecule has 158 valence electrons. The number of hydrogen-bond acceptors (Lipinski definition) is 4. The number of carbonyl (C=O) groups excluding carboxylic acids is 1. The van der Waals surface area contributed by atoms with E-state index in [1.807, 2.05) is 35.8 Å². The Balaban J connectivity index is 1.61. The van der Waals surface area contributed by atoms with Crippen molar-refractivity contribution in [2.75, 3.05) is 10.0 Å². The second-order valence-electron chi connectivity index (χ2n) is 6.74.